The van der Waals surface area contributed by atoms with Crippen LogP contribution in [-0.2, 0) is 17.6 Å². The Morgan fingerprint density at radius 1 is 1.40 bits per heavy atom. The van der Waals surface area contributed by atoms with Crippen LogP contribution in [0.5, 0.6) is 0 Å². The zero-order chi connectivity index (χ0) is 14.3. The third kappa shape index (κ3) is 2.13. The third-order valence-corrected chi connectivity index (χ3v) is 4.14. The fraction of sp³-hybridized carbons (Fsp3) is 0.643. The van der Waals surface area contributed by atoms with E-state index < -0.39 is 11.6 Å². The second-order valence-corrected chi connectivity index (χ2v) is 5.86. The number of carbonyl (C=O) groups excluding carboxylic acids is 1. The van der Waals surface area contributed by atoms with Crippen LogP contribution in [0.15, 0.2) is 6.07 Å². The molecule has 0 bridgehead atoms. The lowest BCUT2D eigenvalue weighted by molar-refractivity contribution is -0.139. The molecule has 0 N–H and O–H groups in total. The third-order valence-electron chi connectivity index (χ3n) is 4.14. The average Bonchev–Trinajstić information content (AvgIpc) is 3.03. The molecule has 0 aromatic carbocycles. The lowest BCUT2D eigenvalue weighted by Crippen LogP contribution is -2.44. The number of hydrogen-bond donors (Lipinski definition) is 0. The van der Waals surface area contributed by atoms with E-state index in [1.807, 2.05) is 11.0 Å². The second-order valence-electron chi connectivity index (χ2n) is 5.86. The van der Waals surface area contributed by atoms with Crippen molar-refractivity contribution in [3.63, 3.8) is 0 Å². The fourth-order valence-electron chi connectivity index (χ4n) is 3.02. The number of amides is 1. The smallest absolute Gasteiger partial charge is 0.261 e. The van der Waals surface area contributed by atoms with Crippen molar-refractivity contribution in [3.8, 4) is 0 Å². The minimum atomic E-state index is -1.80. The van der Waals surface area contributed by atoms with Crippen LogP contribution in [0.3, 0.4) is 0 Å². The lowest BCUT2D eigenvalue weighted by Gasteiger charge is -2.23. The maximum atomic E-state index is 14.7. The van der Waals surface area contributed by atoms with Crippen molar-refractivity contribution < 1.29 is 9.18 Å². The summed E-state index contributed by atoms with van der Waals surface area (Å²) in [6.45, 7) is 0.570. The van der Waals surface area contributed by atoms with E-state index in [4.69, 9.17) is 0 Å². The van der Waals surface area contributed by atoms with Gasteiger partial charge in [0.05, 0.1) is 12.2 Å². The Bertz CT molecular complexity index is 548. The van der Waals surface area contributed by atoms with Gasteiger partial charge in [-0.05, 0) is 30.9 Å². The monoisotopic (exact) mass is 278 g/mol. The number of hydrogen-bond acceptors (Lipinski definition) is 4. The molecule has 1 aliphatic heterocycles. The Kier molecular flexibility index (Phi) is 3.11. The summed E-state index contributed by atoms with van der Waals surface area (Å²) in [5.41, 5.74) is 0.471. The van der Waals surface area contributed by atoms with Crippen LogP contribution < -0.4 is 4.90 Å². The van der Waals surface area contributed by atoms with E-state index in [0.29, 0.717) is 12.4 Å². The predicted octanol–water partition coefficient (Wildman–Crippen LogP) is 0.972. The summed E-state index contributed by atoms with van der Waals surface area (Å²) in [6.07, 6.45) is 3.32. The van der Waals surface area contributed by atoms with Gasteiger partial charge >= 0.3 is 0 Å². The standard InChI is InChI=1S/C14H19FN4O/c1-18(2)13(20)14(15)6-7-19(9-14)12-8-10-4-3-5-11(10)16-17-12/h8H,3-7,9H2,1-2H3. The first-order chi connectivity index (χ1) is 9.49. The van der Waals surface area contributed by atoms with Gasteiger partial charge in [0.1, 0.15) is 0 Å². The zero-order valence-corrected chi connectivity index (χ0v) is 11.9. The molecule has 0 spiro atoms. The quantitative estimate of drug-likeness (QED) is 0.809. The summed E-state index contributed by atoms with van der Waals surface area (Å²) in [6, 6.07) is 2.00. The van der Waals surface area contributed by atoms with E-state index >= 15 is 0 Å². The van der Waals surface area contributed by atoms with Crippen molar-refractivity contribution in [2.45, 2.75) is 31.4 Å². The highest BCUT2D eigenvalue weighted by Crippen LogP contribution is 2.31. The molecule has 1 unspecified atom stereocenters. The molecule has 6 heteroatoms. The van der Waals surface area contributed by atoms with Gasteiger partial charge in [0.25, 0.3) is 5.91 Å². The van der Waals surface area contributed by atoms with Crippen molar-refractivity contribution in [1.29, 1.82) is 0 Å². The van der Waals surface area contributed by atoms with Gasteiger partial charge in [0.15, 0.2) is 5.82 Å². The van der Waals surface area contributed by atoms with Crippen LogP contribution in [0, 0.1) is 0 Å². The molecule has 1 amide bonds. The molecule has 5 nitrogen and oxygen atoms in total. The number of halogens is 1. The molecule has 2 aliphatic rings. The first-order valence-corrected chi connectivity index (χ1v) is 7.01. The number of rotatable bonds is 2. The van der Waals surface area contributed by atoms with Crippen molar-refractivity contribution >= 4 is 11.7 Å². The second kappa shape index (κ2) is 4.68. The van der Waals surface area contributed by atoms with Crippen LogP contribution in [-0.4, -0.2) is 53.9 Å². The molecule has 1 aliphatic carbocycles. The lowest BCUT2D eigenvalue weighted by atomic mass is 10.0. The van der Waals surface area contributed by atoms with Crippen LogP contribution in [0.4, 0.5) is 10.2 Å². The molecule has 1 fully saturated rings. The van der Waals surface area contributed by atoms with Gasteiger partial charge in [-0.3, -0.25) is 4.79 Å². The maximum absolute atomic E-state index is 14.7. The highest BCUT2D eigenvalue weighted by atomic mass is 19.1. The van der Waals surface area contributed by atoms with E-state index in [-0.39, 0.29) is 13.0 Å². The average molecular weight is 278 g/mol. The zero-order valence-electron chi connectivity index (χ0n) is 11.9. The van der Waals surface area contributed by atoms with Gasteiger partial charge in [-0.2, -0.15) is 5.10 Å². The van der Waals surface area contributed by atoms with Gasteiger partial charge in [-0.25, -0.2) is 4.39 Å². The van der Waals surface area contributed by atoms with Gasteiger partial charge < -0.3 is 9.80 Å². The number of alkyl halides is 1. The molecule has 20 heavy (non-hydrogen) atoms. The first kappa shape index (κ1) is 13.3. The molecule has 3 rings (SSSR count). The molecule has 1 saturated heterocycles. The van der Waals surface area contributed by atoms with E-state index in [1.165, 1.54) is 10.5 Å². The Labute approximate surface area is 117 Å². The highest BCUT2D eigenvalue weighted by molar-refractivity contribution is 5.86. The van der Waals surface area contributed by atoms with E-state index in [2.05, 4.69) is 10.2 Å². The minimum absolute atomic E-state index is 0.0669. The summed E-state index contributed by atoms with van der Waals surface area (Å²) in [7, 11) is 3.17. The number of aryl methyl sites for hydroxylation is 2. The summed E-state index contributed by atoms with van der Waals surface area (Å²) < 4.78 is 14.7. The Hall–Kier alpha value is -1.72. The van der Waals surface area contributed by atoms with Gasteiger partial charge in [0.2, 0.25) is 5.67 Å². The molecule has 0 radical (unpaired) electrons. The minimum Gasteiger partial charge on any atom is -0.351 e. The van der Waals surface area contributed by atoms with E-state index in [0.717, 1.165) is 25.0 Å². The molecular formula is C14H19FN4O. The van der Waals surface area contributed by atoms with Crippen LogP contribution in [0.2, 0.25) is 0 Å². The SMILES string of the molecule is CN(C)C(=O)C1(F)CCN(c2cc3c(nn2)CCC3)C1. The molecular weight excluding hydrogens is 259 g/mol. The van der Waals surface area contributed by atoms with Crippen molar-refractivity contribution in [1.82, 2.24) is 15.1 Å². The normalized spacial score (nSPS) is 24.9. The van der Waals surface area contributed by atoms with Gasteiger partial charge in [0, 0.05) is 27.1 Å². The van der Waals surface area contributed by atoms with Crippen LogP contribution in [0.25, 0.3) is 0 Å². The predicted molar refractivity (Wildman–Crippen MR) is 73.4 cm³/mol. The highest BCUT2D eigenvalue weighted by Gasteiger charge is 2.46. The van der Waals surface area contributed by atoms with E-state index in [9.17, 15) is 9.18 Å². The summed E-state index contributed by atoms with van der Waals surface area (Å²) in [5.74, 6) is 0.228. The van der Waals surface area contributed by atoms with Crippen LogP contribution in [0.1, 0.15) is 24.1 Å². The van der Waals surface area contributed by atoms with E-state index in [1.54, 1.807) is 14.1 Å². The van der Waals surface area contributed by atoms with Crippen molar-refractivity contribution in [3.05, 3.63) is 17.3 Å². The number of anilines is 1. The number of carbonyl (C=O) groups is 1. The van der Waals surface area contributed by atoms with Crippen LogP contribution >= 0.6 is 0 Å². The number of fused-ring (bicyclic) bond motifs is 1. The van der Waals surface area contributed by atoms with Gasteiger partial charge in [-0.15, -0.1) is 5.10 Å². The van der Waals surface area contributed by atoms with Crippen molar-refractivity contribution in [2.75, 3.05) is 32.1 Å². The molecule has 1 aromatic heterocycles. The molecule has 1 atom stereocenters. The summed E-state index contributed by atoms with van der Waals surface area (Å²) in [5, 5.41) is 8.41. The molecule has 1 aromatic rings. The Morgan fingerprint density at radius 3 is 2.95 bits per heavy atom. The molecule has 2 heterocycles. The number of aromatic nitrogens is 2. The van der Waals surface area contributed by atoms with Gasteiger partial charge in [-0.1, -0.05) is 0 Å². The molecule has 108 valence electrons. The van der Waals surface area contributed by atoms with Crippen molar-refractivity contribution in [2.24, 2.45) is 0 Å². The largest absolute Gasteiger partial charge is 0.351 e. The topological polar surface area (TPSA) is 49.3 Å². The maximum Gasteiger partial charge on any atom is 0.261 e. The number of nitrogens with zero attached hydrogens (tertiary/aromatic N) is 4. The summed E-state index contributed by atoms with van der Waals surface area (Å²) >= 11 is 0. The summed E-state index contributed by atoms with van der Waals surface area (Å²) in [4.78, 5) is 15.1. The molecule has 0 saturated carbocycles. The Balaban J connectivity index is 1.79. The Morgan fingerprint density at radius 2 is 2.20 bits per heavy atom. The fourth-order valence-corrected chi connectivity index (χ4v) is 3.02. The first-order valence-electron chi connectivity index (χ1n) is 7.01.